The monoisotopic (exact) mass is 612 g/mol. The third-order valence-corrected chi connectivity index (χ3v) is 7.40. The van der Waals surface area contributed by atoms with Gasteiger partial charge in [-0.05, 0) is 82.9 Å². The first-order chi connectivity index (χ1) is 20.2. The minimum atomic E-state index is 0. The number of nitrogens with zero attached hydrogens (tertiary/aromatic N) is 5. The molecule has 8 nitrogen and oxygen atoms in total. The number of ether oxygens (including phenoxy) is 1. The topological polar surface area (TPSA) is 75.5 Å². The number of amides is 1. The summed E-state index contributed by atoms with van der Waals surface area (Å²) >= 11 is 0. The molecule has 3 aliphatic rings. The van der Waals surface area contributed by atoms with E-state index in [2.05, 4.69) is 57.3 Å². The summed E-state index contributed by atoms with van der Waals surface area (Å²) in [5.41, 5.74) is 2.15. The van der Waals surface area contributed by atoms with Gasteiger partial charge in [0.2, 0.25) is 5.91 Å². The van der Waals surface area contributed by atoms with Gasteiger partial charge >= 0.3 is 17.1 Å². The van der Waals surface area contributed by atoms with Gasteiger partial charge in [0.15, 0.2) is 0 Å². The van der Waals surface area contributed by atoms with Crippen molar-refractivity contribution in [1.29, 1.82) is 0 Å². The maximum absolute atomic E-state index is 11.9. The van der Waals surface area contributed by atoms with E-state index in [1.807, 2.05) is 61.5 Å². The van der Waals surface area contributed by atoms with Gasteiger partial charge in [-0.15, -0.1) is 5.10 Å². The molecule has 2 aromatic rings. The number of methoxy groups -OCH3 is 1. The second kappa shape index (κ2) is 19.2. The van der Waals surface area contributed by atoms with Crippen LogP contribution in [-0.4, -0.2) is 72.2 Å². The van der Waals surface area contributed by atoms with Crippen LogP contribution in [0.3, 0.4) is 0 Å². The summed E-state index contributed by atoms with van der Waals surface area (Å²) in [7, 11) is 1.72. The van der Waals surface area contributed by atoms with Crippen molar-refractivity contribution < 1.29 is 26.6 Å². The van der Waals surface area contributed by atoms with Crippen molar-refractivity contribution in [2.24, 2.45) is 0 Å². The Morgan fingerprint density at radius 2 is 1.62 bits per heavy atom. The van der Waals surface area contributed by atoms with Gasteiger partial charge in [-0.3, -0.25) is 14.4 Å². The maximum Gasteiger partial charge on any atom is 2.00 e. The molecule has 10 radical (unpaired) electrons. The molecule has 2 aliphatic carbocycles. The first-order valence-electron chi connectivity index (χ1n) is 14.9. The van der Waals surface area contributed by atoms with Gasteiger partial charge in [0, 0.05) is 51.4 Å². The van der Waals surface area contributed by atoms with Crippen molar-refractivity contribution in [1.82, 2.24) is 25.2 Å². The second-order valence-electron chi connectivity index (χ2n) is 10.4. The summed E-state index contributed by atoms with van der Waals surface area (Å²) in [4.78, 5) is 16.7. The fourth-order valence-corrected chi connectivity index (χ4v) is 5.02. The molecule has 1 aromatic heterocycles. The Kier molecular flexibility index (Phi) is 15.8. The molecule has 1 amide bonds. The van der Waals surface area contributed by atoms with Crippen molar-refractivity contribution in [2.75, 3.05) is 51.3 Å². The molecule has 3 fully saturated rings. The fraction of sp³-hybridized carbons (Fsp3) is 0.424. The molecular formula is C33H44FeN6O2+2. The first kappa shape index (κ1) is 34.4. The predicted octanol–water partition coefficient (Wildman–Crippen LogP) is 4.34. The maximum atomic E-state index is 11.9. The summed E-state index contributed by atoms with van der Waals surface area (Å²) in [6.45, 7) is 9.01. The van der Waals surface area contributed by atoms with Crippen LogP contribution in [0.15, 0.2) is 30.5 Å². The number of piperazine rings is 1. The third kappa shape index (κ3) is 10.9. The van der Waals surface area contributed by atoms with Gasteiger partial charge in [-0.25, -0.2) is 0 Å². The molecule has 0 spiro atoms. The predicted molar refractivity (Wildman–Crippen MR) is 163 cm³/mol. The molecule has 0 bridgehead atoms. The summed E-state index contributed by atoms with van der Waals surface area (Å²) in [5, 5.41) is 11.3. The number of aryl methyl sites for hydroxylation is 1. The fourth-order valence-electron chi connectivity index (χ4n) is 5.02. The third-order valence-electron chi connectivity index (χ3n) is 7.40. The molecule has 42 heavy (non-hydrogen) atoms. The van der Waals surface area contributed by atoms with E-state index in [0.717, 1.165) is 75.5 Å². The Labute approximate surface area is 264 Å². The number of benzene rings is 1. The van der Waals surface area contributed by atoms with E-state index in [9.17, 15) is 4.79 Å². The molecule has 1 aliphatic heterocycles. The van der Waals surface area contributed by atoms with Crippen LogP contribution in [0.2, 0.25) is 0 Å². The number of hydrogen-bond acceptors (Lipinski definition) is 6. The molecule has 2 heterocycles. The van der Waals surface area contributed by atoms with Crippen LogP contribution >= 0.6 is 0 Å². The van der Waals surface area contributed by atoms with E-state index in [1.165, 1.54) is 31.4 Å². The molecule has 1 saturated heterocycles. The number of rotatable bonds is 13. The average molecular weight is 613 g/mol. The van der Waals surface area contributed by atoms with E-state index < -0.39 is 0 Å². The Morgan fingerprint density at radius 1 is 0.905 bits per heavy atom. The van der Waals surface area contributed by atoms with Crippen LogP contribution in [0.25, 0.3) is 0 Å². The molecule has 224 valence electrons. The number of anilines is 1. The normalized spacial score (nSPS) is 17.9. The van der Waals surface area contributed by atoms with Gasteiger partial charge in [0.1, 0.15) is 5.75 Å². The largest absolute Gasteiger partial charge is 2.00 e. The molecule has 0 atom stereocenters. The summed E-state index contributed by atoms with van der Waals surface area (Å²) < 4.78 is 7.40. The zero-order valence-corrected chi connectivity index (χ0v) is 26.0. The Balaban J connectivity index is 0.000000247. The van der Waals surface area contributed by atoms with Crippen LogP contribution in [0.1, 0.15) is 44.7 Å². The number of nitrogens with one attached hydrogen (secondary N) is 1. The van der Waals surface area contributed by atoms with E-state index in [-0.39, 0.29) is 23.0 Å². The number of hydrogen-bond donors (Lipinski definition) is 1. The van der Waals surface area contributed by atoms with E-state index in [0.29, 0.717) is 0 Å². The van der Waals surface area contributed by atoms with Crippen molar-refractivity contribution >= 4 is 11.6 Å². The minimum Gasteiger partial charge on any atom is -0.495 e. The minimum absolute atomic E-state index is 0. The van der Waals surface area contributed by atoms with Gasteiger partial charge in [-0.2, -0.15) is 0 Å². The number of carbonyl (C=O) groups is 1. The SMILES string of the molecule is CCCCCCn1cc([C]2[CH][CH][CH][CH]2)nn1.COc1ccccc1N1CCN(CCCNC(=O)[C]2[CH][CH][CH][CH]2)CC1.[Fe+2]. The van der Waals surface area contributed by atoms with Crippen molar-refractivity contribution in [2.45, 2.75) is 45.6 Å². The van der Waals surface area contributed by atoms with E-state index in [4.69, 9.17) is 4.74 Å². The smallest absolute Gasteiger partial charge is 0.495 e. The molecule has 1 aromatic carbocycles. The molecule has 9 heteroatoms. The summed E-state index contributed by atoms with van der Waals surface area (Å²) in [5.74, 6) is 2.85. The van der Waals surface area contributed by atoms with E-state index in [1.54, 1.807) is 7.11 Å². The quantitative estimate of drug-likeness (QED) is 0.268. The van der Waals surface area contributed by atoms with Crippen LogP contribution in [-0.2, 0) is 28.4 Å². The average Bonchev–Trinajstić information content (AvgIpc) is 3.81. The Morgan fingerprint density at radius 3 is 2.33 bits per heavy atom. The van der Waals surface area contributed by atoms with Crippen molar-refractivity contribution in [3.63, 3.8) is 0 Å². The molecule has 5 rings (SSSR count). The van der Waals surface area contributed by atoms with Crippen LogP contribution < -0.4 is 15.0 Å². The van der Waals surface area contributed by atoms with Crippen LogP contribution in [0, 0.1) is 63.2 Å². The molecule has 2 saturated carbocycles. The summed E-state index contributed by atoms with van der Waals surface area (Å²) in [6, 6.07) is 8.19. The molecule has 1 N–H and O–H groups in total. The number of unbranched alkanes of at least 4 members (excludes halogenated alkanes) is 3. The van der Waals surface area contributed by atoms with Crippen LogP contribution in [0.4, 0.5) is 5.69 Å². The molecular weight excluding hydrogens is 568 g/mol. The van der Waals surface area contributed by atoms with Gasteiger partial charge in [0.05, 0.1) is 24.4 Å². The number of carbonyl (C=O) groups excluding carboxylic acids is 1. The number of aromatic nitrogens is 3. The molecule has 0 unspecified atom stereocenters. The Bertz CT molecular complexity index is 1010. The zero-order chi connectivity index (χ0) is 28.7. The standard InChI is InChI=1S/C20H26N3O2.C13H18N3.Fe/c1-25-19-10-5-4-9-18(19)23-15-13-22(14-16-23)12-6-11-21-20(24)17-7-2-3-8-17;1-2-3-4-7-10-16-11-13(14-15-16)12-8-5-6-9-12;/h2-5,7-10H,6,11-16H2,1H3,(H,21,24);5-6,8-9,11H,2-4,7,10H2,1H3;/q;;+2. The van der Waals surface area contributed by atoms with Gasteiger partial charge in [-0.1, -0.05) is 43.5 Å². The van der Waals surface area contributed by atoms with Gasteiger partial charge < -0.3 is 15.0 Å². The first-order valence-corrected chi connectivity index (χ1v) is 14.9. The van der Waals surface area contributed by atoms with E-state index >= 15 is 0 Å². The second-order valence-corrected chi connectivity index (χ2v) is 10.4. The van der Waals surface area contributed by atoms with Crippen LogP contribution in [0.5, 0.6) is 5.75 Å². The van der Waals surface area contributed by atoms with Gasteiger partial charge in [0.25, 0.3) is 0 Å². The number of para-hydroxylation sites is 2. The van der Waals surface area contributed by atoms with Crippen molar-refractivity contribution in [3.8, 4) is 5.75 Å². The zero-order valence-electron chi connectivity index (χ0n) is 24.9. The summed E-state index contributed by atoms with van der Waals surface area (Å²) in [6.07, 6.45) is 23.7. The Hall–Kier alpha value is -2.09. The van der Waals surface area contributed by atoms with Crippen molar-refractivity contribution in [3.05, 3.63) is 99.4 Å².